The van der Waals surface area contributed by atoms with Crippen molar-refractivity contribution in [3.8, 4) is 5.82 Å². The van der Waals surface area contributed by atoms with Crippen LogP contribution in [-0.2, 0) is 9.53 Å². The number of fused-ring (bicyclic) bond motifs is 1. The van der Waals surface area contributed by atoms with Crippen LogP contribution in [0.25, 0.3) is 5.82 Å². The number of halogens is 3. The summed E-state index contributed by atoms with van der Waals surface area (Å²) in [6, 6.07) is 10.7. The number of nitrogens with zero attached hydrogens (tertiary/aromatic N) is 4. The molecular formula is C17H9Br2ClN4O2. The molecule has 130 valence electrons. The van der Waals surface area contributed by atoms with Crippen LogP contribution in [-0.4, -0.2) is 26.9 Å². The molecule has 0 fully saturated rings. The molecule has 1 atom stereocenters. The Labute approximate surface area is 170 Å². The van der Waals surface area contributed by atoms with Gasteiger partial charge in [-0.2, -0.15) is 5.10 Å². The summed E-state index contributed by atoms with van der Waals surface area (Å²) in [6.45, 7) is 0. The highest BCUT2D eigenvalue weighted by atomic mass is 79.9. The summed E-state index contributed by atoms with van der Waals surface area (Å²) in [5.74, 6) is 0.683. The highest BCUT2D eigenvalue weighted by Gasteiger charge is 2.28. The summed E-state index contributed by atoms with van der Waals surface area (Å²) in [5.41, 5.74) is 1.85. The van der Waals surface area contributed by atoms with E-state index < -0.39 is 6.10 Å². The van der Waals surface area contributed by atoms with Gasteiger partial charge in [0.05, 0.1) is 10.7 Å². The van der Waals surface area contributed by atoms with Crippen LogP contribution < -0.4 is 0 Å². The summed E-state index contributed by atoms with van der Waals surface area (Å²) in [7, 11) is 0. The van der Waals surface area contributed by atoms with E-state index in [-0.39, 0.29) is 5.90 Å². The van der Waals surface area contributed by atoms with E-state index in [1.807, 2.05) is 18.2 Å². The van der Waals surface area contributed by atoms with Crippen LogP contribution in [0.2, 0.25) is 5.02 Å². The number of hydrogen-bond acceptors (Lipinski definition) is 5. The third kappa shape index (κ3) is 2.98. The first-order chi connectivity index (χ1) is 12.6. The van der Waals surface area contributed by atoms with Crippen molar-refractivity contribution in [1.82, 2.24) is 14.8 Å². The fourth-order valence-electron chi connectivity index (χ4n) is 2.61. The van der Waals surface area contributed by atoms with Gasteiger partial charge in [-0.1, -0.05) is 23.7 Å². The van der Waals surface area contributed by atoms with Gasteiger partial charge in [-0.25, -0.2) is 14.7 Å². The Kier molecular flexibility index (Phi) is 4.64. The number of hydrogen-bond donors (Lipinski definition) is 0. The molecule has 2 aromatic heterocycles. The number of benzene rings is 1. The lowest BCUT2D eigenvalue weighted by molar-refractivity contribution is -0.114. The molecule has 26 heavy (non-hydrogen) atoms. The average molecular weight is 497 g/mol. The highest BCUT2D eigenvalue weighted by Crippen LogP contribution is 2.39. The van der Waals surface area contributed by atoms with Crippen molar-refractivity contribution >= 4 is 61.3 Å². The van der Waals surface area contributed by atoms with E-state index in [0.717, 1.165) is 10.8 Å². The number of rotatable bonds is 3. The molecule has 0 spiro atoms. The fraction of sp³-hybridized carbons (Fsp3) is 0.0588. The molecular weight excluding hydrogens is 487 g/mol. The lowest BCUT2D eigenvalue weighted by Crippen LogP contribution is -2.21. The van der Waals surface area contributed by atoms with Crippen molar-refractivity contribution in [2.24, 2.45) is 4.99 Å². The summed E-state index contributed by atoms with van der Waals surface area (Å²) in [6.07, 6.45) is 1.59. The zero-order valence-electron chi connectivity index (χ0n) is 12.9. The lowest BCUT2D eigenvalue weighted by Gasteiger charge is -2.23. The Bertz CT molecular complexity index is 1050. The molecule has 1 unspecified atom stereocenters. The standard InChI is InChI=1S/C17H9Br2ClN4O2/c18-10-4-1-3-9-13(8-25)26-17(22-15(9)10)12-7-14(19)23-24(12)16-11(20)5-2-6-21-16/h1-8,13H. The molecule has 3 heterocycles. The number of carbonyl (C=O) groups is 1. The molecule has 0 saturated carbocycles. The van der Waals surface area contributed by atoms with Gasteiger partial charge in [-0.05, 0) is 50.1 Å². The smallest absolute Gasteiger partial charge is 0.241 e. The van der Waals surface area contributed by atoms with Crippen LogP contribution in [0.4, 0.5) is 5.69 Å². The Morgan fingerprint density at radius 2 is 2.08 bits per heavy atom. The second-order valence-corrected chi connectivity index (χ2v) is 7.42. The average Bonchev–Trinajstić information content (AvgIpc) is 3.03. The molecule has 9 heteroatoms. The first kappa shape index (κ1) is 17.4. The molecule has 4 rings (SSSR count). The molecule has 0 aliphatic carbocycles. The largest absolute Gasteiger partial charge is 0.460 e. The number of carbonyl (C=O) groups excluding carboxylic acids is 1. The van der Waals surface area contributed by atoms with Crippen LogP contribution in [0.1, 0.15) is 17.4 Å². The Morgan fingerprint density at radius 3 is 2.85 bits per heavy atom. The van der Waals surface area contributed by atoms with E-state index in [1.165, 1.54) is 4.68 Å². The Balaban J connectivity index is 1.91. The molecule has 0 amide bonds. The molecule has 6 nitrogen and oxygen atoms in total. The van der Waals surface area contributed by atoms with E-state index in [2.05, 4.69) is 46.9 Å². The minimum absolute atomic E-state index is 0.251. The quantitative estimate of drug-likeness (QED) is 0.489. The van der Waals surface area contributed by atoms with E-state index in [4.69, 9.17) is 16.3 Å². The van der Waals surface area contributed by atoms with Gasteiger partial charge in [-0.15, -0.1) is 0 Å². The number of aliphatic imine (C=N–C) groups is 1. The number of para-hydroxylation sites is 1. The number of aromatic nitrogens is 3. The zero-order chi connectivity index (χ0) is 18.3. The van der Waals surface area contributed by atoms with Crippen molar-refractivity contribution in [2.45, 2.75) is 6.10 Å². The summed E-state index contributed by atoms with van der Waals surface area (Å²) >= 11 is 13.1. The summed E-state index contributed by atoms with van der Waals surface area (Å²) in [5, 5.41) is 4.80. The first-order valence-corrected chi connectivity index (χ1v) is 9.40. The van der Waals surface area contributed by atoms with Gasteiger partial charge in [0, 0.05) is 22.3 Å². The Hall–Kier alpha value is -2.03. The van der Waals surface area contributed by atoms with Crippen molar-refractivity contribution in [3.05, 3.63) is 68.0 Å². The van der Waals surface area contributed by atoms with E-state index in [1.54, 1.807) is 24.4 Å². The van der Waals surface area contributed by atoms with Crippen molar-refractivity contribution < 1.29 is 9.53 Å². The minimum Gasteiger partial charge on any atom is -0.460 e. The maximum absolute atomic E-state index is 11.6. The van der Waals surface area contributed by atoms with Gasteiger partial charge >= 0.3 is 0 Å². The summed E-state index contributed by atoms with van der Waals surface area (Å²) < 4.78 is 8.67. The zero-order valence-corrected chi connectivity index (χ0v) is 16.9. The first-order valence-electron chi connectivity index (χ1n) is 7.44. The molecule has 0 radical (unpaired) electrons. The van der Waals surface area contributed by atoms with Gasteiger partial charge in [0.25, 0.3) is 0 Å². The molecule has 0 bridgehead atoms. The van der Waals surface area contributed by atoms with E-state index in [0.29, 0.717) is 32.4 Å². The van der Waals surface area contributed by atoms with Crippen LogP contribution >= 0.6 is 43.5 Å². The normalized spacial score (nSPS) is 15.8. The Morgan fingerprint density at radius 1 is 1.23 bits per heavy atom. The van der Waals surface area contributed by atoms with Crippen LogP contribution in [0.3, 0.4) is 0 Å². The molecule has 0 saturated heterocycles. The second kappa shape index (κ2) is 6.94. The van der Waals surface area contributed by atoms with Gasteiger partial charge < -0.3 is 4.74 Å². The monoisotopic (exact) mass is 494 g/mol. The molecule has 1 aromatic carbocycles. The SMILES string of the molecule is O=CC1OC(c2cc(Br)nn2-c2ncccc2Cl)=Nc2c(Br)cccc21. The van der Waals surface area contributed by atoms with Crippen molar-refractivity contribution in [3.63, 3.8) is 0 Å². The van der Waals surface area contributed by atoms with Gasteiger partial charge in [0.1, 0.15) is 10.3 Å². The minimum atomic E-state index is -0.767. The number of pyridine rings is 1. The lowest BCUT2D eigenvalue weighted by atomic mass is 10.1. The van der Waals surface area contributed by atoms with Gasteiger partial charge in [0.15, 0.2) is 18.2 Å². The second-order valence-electron chi connectivity index (χ2n) is 5.34. The molecule has 0 N–H and O–H groups in total. The maximum atomic E-state index is 11.6. The van der Waals surface area contributed by atoms with Crippen molar-refractivity contribution in [1.29, 1.82) is 0 Å². The van der Waals surface area contributed by atoms with Crippen molar-refractivity contribution in [2.75, 3.05) is 0 Å². The fourth-order valence-corrected chi connectivity index (χ4v) is 3.66. The predicted molar refractivity (Wildman–Crippen MR) is 104 cm³/mol. The van der Waals surface area contributed by atoms with Crippen LogP contribution in [0, 0.1) is 0 Å². The van der Waals surface area contributed by atoms with E-state index in [9.17, 15) is 4.79 Å². The number of ether oxygens (including phenoxy) is 1. The van der Waals surface area contributed by atoms with Gasteiger partial charge in [-0.3, -0.25) is 4.79 Å². The third-order valence-electron chi connectivity index (χ3n) is 3.74. The maximum Gasteiger partial charge on any atom is 0.241 e. The summed E-state index contributed by atoms with van der Waals surface area (Å²) in [4.78, 5) is 20.4. The third-order valence-corrected chi connectivity index (χ3v) is 5.06. The predicted octanol–water partition coefficient (Wildman–Crippen LogP) is 4.79. The van der Waals surface area contributed by atoms with Gasteiger partial charge in [0.2, 0.25) is 5.90 Å². The van der Waals surface area contributed by atoms with E-state index >= 15 is 0 Å². The van der Waals surface area contributed by atoms with Crippen LogP contribution in [0.5, 0.6) is 0 Å². The molecule has 1 aliphatic rings. The molecule has 1 aliphatic heterocycles. The molecule has 3 aromatic rings. The number of aldehydes is 1. The van der Waals surface area contributed by atoms with Crippen LogP contribution in [0.15, 0.2) is 56.7 Å². The highest BCUT2D eigenvalue weighted by molar-refractivity contribution is 9.10. The topological polar surface area (TPSA) is 69.4 Å².